The molecule has 0 atom stereocenters. The van der Waals surface area contributed by atoms with Crippen LogP contribution in [0.4, 0.5) is 0 Å². The summed E-state index contributed by atoms with van der Waals surface area (Å²) in [4.78, 5) is 25.4. The molecule has 2 rings (SSSR count). The highest BCUT2D eigenvalue weighted by molar-refractivity contribution is 5.98. The van der Waals surface area contributed by atoms with E-state index in [4.69, 9.17) is 4.74 Å². The molecule has 1 aromatic carbocycles. The van der Waals surface area contributed by atoms with Crippen LogP contribution in [0.5, 0.6) is 5.75 Å². The first-order valence-electron chi connectivity index (χ1n) is 8.05. The summed E-state index contributed by atoms with van der Waals surface area (Å²) in [6.45, 7) is 5.58. The number of hydrogen-bond acceptors (Lipinski definition) is 3. The Kier molecular flexibility index (Phi) is 5.79. The standard InChI is InChI=1S/C18H24N2O3/c1-4-6-9-19(3)18(22)12-20-11-14(13-21)16-10-15(23-5-2)7-8-17(16)20/h7-8,10-11,13H,4-6,9,12H2,1-3H3. The van der Waals surface area contributed by atoms with Gasteiger partial charge in [-0.1, -0.05) is 13.3 Å². The number of carbonyl (C=O) groups excluding carboxylic acids is 2. The van der Waals surface area contributed by atoms with Gasteiger partial charge in [0.05, 0.1) is 6.61 Å². The lowest BCUT2D eigenvalue weighted by Crippen LogP contribution is -2.30. The second kappa shape index (κ2) is 7.81. The van der Waals surface area contributed by atoms with Crippen LogP contribution in [0.2, 0.25) is 0 Å². The fourth-order valence-electron chi connectivity index (χ4n) is 2.57. The molecule has 5 nitrogen and oxygen atoms in total. The third-order valence-electron chi connectivity index (χ3n) is 3.90. The van der Waals surface area contributed by atoms with Gasteiger partial charge < -0.3 is 14.2 Å². The van der Waals surface area contributed by atoms with Crippen LogP contribution >= 0.6 is 0 Å². The van der Waals surface area contributed by atoms with Crippen molar-refractivity contribution in [3.05, 3.63) is 30.0 Å². The molecule has 0 aliphatic rings. The van der Waals surface area contributed by atoms with Gasteiger partial charge in [0.25, 0.3) is 0 Å². The van der Waals surface area contributed by atoms with Crippen LogP contribution in [0.25, 0.3) is 10.9 Å². The van der Waals surface area contributed by atoms with Crippen molar-refractivity contribution >= 4 is 23.1 Å². The van der Waals surface area contributed by atoms with Gasteiger partial charge in [0.1, 0.15) is 12.3 Å². The smallest absolute Gasteiger partial charge is 0.242 e. The zero-order chi connectivity index (χ0) is 16.8. The van der Waals surface area contributed by atoms with Crippen LogP contribution in [0, 0.1) is 0 Å². The van der Waals surface area contributed by atoms with Crippen molar-refractivity contribution in [3.63, 3.8) is 0 Å². The number of fused-ring (bicyclic) bond motifs is 1. The normalized spacial score (nSPS) is 10.7. The van der Waals surface area contributed by atoms with E-state index in [-0.39, 0.29) is 12.5 Å². The highest BCUT2D eigenvalue weighted by Crippen LogP contribution is 2.25. The Balaban J connectivity index is 2.27. The van der Waals surface area contributed by atoms with Crippen molar-refractivity contribution in [2.75, 3.05) is 20.2 Å². The molecule has 1 amide bonds. The van der Waals surface area contributed by atoms with Crippen LogP contribution < -0.4 is 4.74 Å². The quantitative estimate of drug-likeness (QED) is 0.703. The summed E-state index contributed by atoms with van der Waals surface area (Å²) in [5.74, 6) is 0.772. The lowest BCUT2D eigenvalue weighted by molar-refractivity contribution is -0.130. The minimum absolute atomic E-state index is 0.0432. The maximum atomic E-state index is 12.3. The molecule has 0 radical (unpaired) electrons. The number of hydrogen-bond donors (Lipinski definition) is 0. The number of unbranched alkanes of at least 4 members (excludes halogenated alkanes) is 1. The number of aldehydes is 1. The molecule has 1 aromatic heterocycles. The summed E-state index contributed by atoms with van der Waals surface area (Å²) in [6, 6.07) is 5.61. The summed E-state index contributed by atoms with van der Waals surface area (Å²) in [5.41, 5.74) is 1.44. The predicted octanol–water partition coefficient (Wildman–Crippen LogP) is 3.11. The van der Waals surface area contributed by atoms with E-state index in [0.29, 0.717) is 12.2 Å². The zero-order valence-electron chi connectivity index (χ0n) is 14.0. The largest absolute Gasteiger partial charge is 0.494 e. The average molecular weight is 316 g/mol. The van der Waals surface area contributed by atoms with E-state index in [1.165, 1.54) is 0 Å². The second-order valence-corrected chi connectivity index (χ2v) is 5.61. The van der Waals surface area contributed by atoms with E-state index in [1.54, 1.807) is 11.1 Å². The summed E-state index contributed by atoms with van der Waals surface area (Å²) in [5, 5.41) is 0.815. The third-order valence-corrected chi connectivity index (χ3v) is 3.90. The topological polar surface area (TPSA) is 51.5 Å². The minimum atomic E-state index is 0.0432. The molecule has 0 bridgehead atoms. The Morgan fingerprint density at radius 3 is 2.78 bits per heavy atom. The van der Waals surface area contributed by atoms with Crippen molar-refractivity contribution < 1.29 is 14.3 Å². The van der Waals surface area contributed by atoms with Crippen LogP contribution in [-0.4, -0.2) is 41.9 Å². The Morgan fingerprint density at radius 2 is 2.13 bits per heavy atom. The van der Waals surface area contributed by atoms with E-state index in [1.807, 2.05) is 36.7 Å². The van der Waals surface area contributed by atoms with Crippen molar-refractivity contribution in [3.8, 4) is 5.75 Å². The predicted molar refractivity (Wildman–Crippen MR) is 91.0 cm³/mol. The van der Waals surface area contributed by atoms with Gasteiger partial charge in [0, 0.05) is 36.3 Å². The third kappa shape index (κ3) is 3.92. The summed E-state index contributed by atoms with van der Waals surface area (Å²) in [7, 11) is 1.82. The monoisotopic (exact) mass is 316 g/mol. The van der Waals surface area contributed by atoms with E-state index < -0.39 is 0 Å². The first kappa shape index (κ1) is 17.1. The van der Waals surface area contributed by atoms with Gasteiger partial charge in [-0.25, -0.2) is 0 Å². The molecule has 0 aliphatic carbocycles. The molecule has 5 heteroatoms. The number of aromatic nitrogens is 1. The molecule has 0 N–H and O–H groups in total. The van der Waals surface area contributed by atoms with Crippen LogP contribution in [0.1, 0.15) is 37.0 Å². The first-order valence-corrected chi connectivity index (χ1v) is 8.05. The SMILES string of the molecule is CCCCN(C)C(=O)Cn1cc(C=O)c2cc(OCC)ccc21. The molecule has 1 heterocycles. The van der Waals surface area contributed by atoms with Gasteiger partial charge in [0.15, 0.2) is 6.29 Å². The molecular formula is C18H24N2O3. The van der Waals surface area contributed by atoms with Crippen molar-refractivity contribution in [1.82, 2.24) is 9.47 Å². The lowest BCUT2D eigenvalue weighted by Gasteiger charge is -2.17. The Labute approximate surface area is 136 Å². The van der Waals surface area contributed by atoms with Crippen molar-refractivity contribution in [1.29, 1.82) is 0 Å². The number of likely N-dealkylation sites (N-methyl/N-ethyl adjacent to an activating group) is 1. The van der Waals surface area contributed by atoms with Gasteiger partial charge in [-0.15, -0.1) is 0 Å². The van der Waals surface area contributed by atoms with E-state index in [0.717, 1.165) is 42.3 Å². The van der Waals surface area contributed by atoms with Gasteiger partial charge >= 0.3 is 0 Å². The Bertz CT molecular complexity index is 691. The fraction of sp³-hybridized carbons (Fsp3) is 0.444. The number of nitrogens with zero attached hydrogens (tertiary/aromatic N) is 2. The number of benzene rings is 1. The Hall–Kier alpha value is -2.30. The van der Waals surface area contributed by atoms with Gasteiger partial charge in [-0.05, 0) is 31.5 Å². The van der Waals surface area contributed by atoms with Crippen LogP contribution in [0.15, 0.2) is 24.4 Å². The summed E-state index contributed by atoms with van der Waals surface area (Å²) in [6.07, 6.45) is 4.60. The van der Waals surface area contributed by atoms with E-state index in [9.17, 15) is 9.59 Å². The van der Waals surface area contributed by atoms with Crippen LogP contribution in [-0.2, 0) is 11.3 Å². The van der Waals surface area contributed by atoms with Crippen molar-refractivity contribution in [2.45, 2.75) is 33.2 Å². The molecule has 0 saturated heterocycles. The van der Waals surface area contributed by atoms with E-state index >= 15 is 0 Å². The fourth-order valence-corrected chi connectivity index (χ4v) is 2.57. The highest BCUT2D eigenvalue weighted by Gasteiger charge is 2.14. The molecule has 0 saturated carbocycles. The van der Waals surface area contributed by atoms with Gasteiger partial charge in [-0.2, -0.15) is 0 Å². The molecule has 2 aromatic rings. The zero-order valence-corrected chi connectivity index (χ0v) is 14.0. The first-order chi connectivity index (χ1) is 11.1. The number of amides is 1. The Morgan fingerprint density at radius 1 is 1.35 bits per heavy atom. The number of ether oxygens (including phenoxy) is 1. The van der Waals surface area contributed by atoms with Gasteiger partial charge in [-0.3, -0.25) is 9.59 Å². The summed E-state index contributed by atoms with van der Waals surface area (Å²) >= 11 is 0. The second-order valence-electron chi connectivity index (χ2n) is 5.61. The maximum absolute atomic E-state index is 12.3. The maximum Gasteiger partial charge on any atom is 0.242 e. The minimum Gasteiger partial charge on any atom is -0.494 e. The number of rotatable bonds is 8. The molecular weight excluding hydrogens is 292 g/mol. The molecule has 0 unspecified atom stereocenters. The van der Waals surface area contributed by atoms with E-state index in [2.05, 4.69) is 6.92 Å². The molecule has 0 aliphatic heterocycles. The summed E-state index contributed by atoms with van der Waals surface area (Å²) < 4.78 is 7.32. The number of carbonyl (C=O) groups is 2. The molecule has 0 fully saturated rings. The highest BCUT2D eigenvalue weighted by atomic mass is 16.5. The average Bonchev–Trinajstić information content (AvgIpc) is 2.90. The lowest BCUT2D eigenvalue weighted by atomic mass is 10.2. The van der Waals surface area contributed by atoms with Gasteiger partial charge in [0.2, 0.25) is 5.91 Å². The van der Waals surface area contributed by atoms with Crippen molar-refractivity contribution in [2.24, 2.45) is 0 Å². The molecule has 0 spiro atoms. The van der Waals surface area contributed by atoms with Crippen LogP contribution in [0.3, 0.4) is 0 Å². The molecule has 23 heavy (non-hydrogen) atoms. The molecule has 124 valence electrons.